The molecule has 5 atom stereocenters. The van der Waals surface area contributed by atoms with E-state index < -0.39 is 46.9 Å². The summed E-state index contributed by atoms with van der Waals surface area (Å²) in [6.07, 6.45) is -3.62. The van der Waals surface area contributed by atoms with Gasteiger partial charge in [-0.05, 0) is 34.6 Å². The van der Waals surface area contributed by atoms with Crippen molar-refractivity contribution in [3.8, 4) is 0 Å². The van der Waals surface area contributed by atoms with Crippen molar-refractivity contribution < 1.29 is 40.6 Å². The van der Waals surface area contributed by atoms with Gasteiger partial charge in [-0.2, -0.15) is 0 Å². The number of hydrogen-bond donors (Lipinski definition) is 0. The van der Waals surface area contributed by atoms with E-state index in [9.17, 15) is 13.0 Å². The molecule has 2 heterocycles. The van der Waals surface area contributed by atoms with Crippen molar-refractivity contribution in [3.63, 3.8) is 0 Å². The molecule has 0 saturated carbocycles. The molecule has 2 aliphatic rings. The summed E-state index contributed by atoms with van der Waals surface area (Å²) in [5, 5.41) is 0. The first-order valence-corrected chi connectivity index (χ1v) is 10.4. The van der Waals surface area contributed by atoms with Crippen molar-refractivity contribution >= 4 is 10.4 Å². The highest BCUT2D eigenvalue weighted by molar-refractivity contribution is 7.80. The summed E-state index contributed by atoms with van der Waals surface area (Å²) in [5.74, 6) is -0.860. The van der Waals surface area contributed by atoms with Crippen LogP contribution in [-0.2, 0) is 33.5 Å². The molecule has 2 fully saturated rings. The van der Waals surface area contributed by atoms with Crippen LogP contribution in [0.2, 0.25) is 0 Å². The second-order valence-electron chi connectivity index (χ2n) is 7.29. The maximum atomic E-state index is 11.4. The maximum absolute atomic E-state index is 11.4. The summed E-state index contributed by atoms with van der Waals surface area (Å²) in [6, 6.07) is 0. The van der Waals surface area contributed by atoms with Crippen molar-refractivity contribution in [1.82, 2.24) is 0 Å². The van der Waals surface area contributed by atoms with Gasteiger partial charge in [-0.3, -0.25) is 4.18 Å². The zero-order valence-corrected chi connectivity index (χ0v) is 17.2. The standard InChI is InChI=1S/C16H31NO8S/c1-7-17(8-2,9-3)10-11(25-26(18,19)20)12-13-14(15(21-6)22-12)24-16(4,5)23-13/h11-15H,7-10H2,1-6H3/t11-,12-,13+,14+,15+/m1/s1. The molecular formula is C16H31NO8S. The molecule has 2 aliphatic heterocycles. The fourth-order valence-electron chi connectivity index (χ4n) is 3.86. The molecule has 0 unspecified atom stereocenters. The van der Waals surface area contributed by atoms with Gasteiger partial charge < -0.3 is 28.0 Å². The number of ether oxygens (including phenoxy) is 4. The molecule has 0 amide bonds. The Morgan fingerprint density at radius 3 is 2.12 bits per heavy atom. The molecular weight excluding hydrogens is 366 g/mol. The van der Waals surface area contributed by atoms with Crippen LogP contribution >= 0.6 is 0 Å². The normalized spacial score (nSPS) is 32.6. The lowest BCUT2D eigenvalue weighted by atomic mass is 10.0. The summed E-state index contributed by atoms with van der Waals surface area (Å²) >= 11 is 0. The maximum Gasteiger partial charge on any atom is 0.218 e. The molecule has 0 radical (unpaired) electrons. The molecule has 2 saturated heterocycles. The first kappa shape index (κ1) is 22.0. The highest BCUT2D eigenvalue weighted by Gasteiger charge is 2.59. The highest BCUT2D eigenvalue weighted by atomic mass is 32.3. The minimum absolute atomic E-state index is 0.305. The minimum atomic E-state index is -4.92. The Balaban J connectivity index is 2.32. The van der Waals surface area contributed by atoms with Crippen molar-refractivity contribution in [2.45, 2.75) is 71.1 Å². The topological polar surface area (TPSA) is 103 Å². The molecule has 2 rings (SSSR count). The lowest BCUT2D eigenvalue weighted by Gasteiger charge is -2.40. The zero-order valence-electron chi connectivity index (χ0n) is 16.3. The van der Waals surface area contributed by atoms with Gasteiger partial charge in [0.15, 0.2) is 18.2 Å². The Morgan fingerprint density at radius 2 is 1.65 bits per heavy atom. The van der Waals surface area contributed by atoms with Crippen LogP contribution in [0.4, 0.5) is 0 Å². The first-order chi connectivity index (χ1) is 12.0. The van der Waals surface area contributed by atoms with Gasteiger partial charge in [-0.15, -0.1) is 0 Å². The smallest absolute Gasteiger partial charge is 0.218 e. The first-order valence-electron chi connectivity index (χ1n) is 9.03. The summed E-state index contributed by atoms with van der Waals surface area (Å²) < 4.78 is 62.6. The Hall–Kier alpha value is -0.330. The van der Waals surface area contributed by atoms with E-state index in [0.29, 0.717) is 11.0 Å². The van der Waals surface area contributed by atoms with Crippen LogP contribution in [0.5, 0.6) is 0 Å². The number of hydrogen-bond acceptors (Lipinski definition) is 8. The summed E-state index contributed by atoms with van der Waals surface area (Å²) in [6.45, 7) is 12.2. The fourth-order valence-corrected chi connectivity index (χ4v) is 4.33. The van der Waals surface area contributed by atoms with Gasteiger partial charge in [0.1, 0.15) is 24.9 Å². The predicted molar refractivity (Wildman–Crippen MR) is 90.8 cm³/mol. The number of rotatable bonds is 9. The van der Waals surface area contributed by atoms with E-state index in [0.717, 1.165) is 19.6 Å². The summed E-state index contributed by atoms with van der Waals surface area (Å²) in [5.41, 5.74) is 0. The molecule has 154 valence electrons. The summed E-state index contributed by atoms with van der Waals surface area (Å²) in [4.78, 5) is 0. The SMILES string of the molecule is CC[N+](CC)(CC)C[C@@H](OS(=O)(=O)[O-])[C@H]1O[C@H](OC)[C@H]2OC(C)(C)O[C@H]21. The van der Waals surface area contributed by atoms with Crippen LogP contribution < -0.4 is 0 Å². The average molecular weight is 397 g/mol. The molecule has 9 nitrogen and oxygen atoms in total. The van der Waals surface area contributed by atoms with E-state index in [1.54, 1.807) is 13.8 Å². The number of nitrogens with zero attached hydrogens (tertiary/aromatic N) is 1. The van der Waals surface area contributed by atoms with Crippen LogP contribution in [0, 0.1) is 0 Å². The molecule has 0 aromatic heterocycles. The molecule has 0 aromatic rings. The van der Waals surface area contributed by atoms with Gasteiger partial charge in [0, 0.05) is 7.11 Å². The Morgan fingerprint density at radius 1 is 1.12 bits per heavy atom. The lowest BCUT2D eigenvalue weighted by Crippen LogP contribution is -2.56. The third-order valence-corrected chi connectivity index (χ3v) is 5.95. The predicted octanol–water partition coefficient (Wildman–Crippen LogP) is 0.600. The van der Waals surface area contributed by atoms with Crippen molar-refractivity contribution in [1.29, 1.82) is 0 Å². The third kappa shape index (κ3) is 4.74. The van der Waals surface area contributed by atoms with Crippen LogP contribution in [0.25, 0.3) is 0 Å². The molecule has 10 heteroatoms. The Labute approximate surface area is 156 Å². The fraction of sp³-hybridized carbons (Fsp3) is 1.00. The molecule has 0 spiro atoms. The van der Waals surface area contributed by atoms with E-state index in [4.69, 9.17) is 23.1 Å². The van der Waals surface area contributed by atoms with Crippen LogP contribution in [0.1, 0.15) is 34.6 Å². The molecule has 26 heavy (non-hydrogen) atoms. The van der Waals surface area contributed by atoms with E-state index in [2.05, 4.69) is 0 Å². The van der Waals surface area contributed by atoms with E-state index in [1.807, 2.05) is 20.8 Å². The van der Waals surface area contributed by atoms with E-state index >= 15 is 0 Å². The Bertz CT molecular complexity index is 569. The third-order valence-electron chi connectivity index (χ3n) is 5.47. The lowest BCUT2D eigenvalue weighted by molar-refractivity contribution is -0.926. The van der Waals surface area contributed by atoms with Crippen LogP contribution in [0.15, 0.2) is 0 Å². The molecule has 0 bridgehead atoms. The van der Waals surface area contributed by atoms with Crippen LogP contribution in [0.3, 0.4) is 0 Å². The number of quaternary nitrogens is 1. The van der Waals surface area contributed by atoms with Gasteiger partial charge in [-0.25, -0.2) is 8.42 Å². The Kier molecular flexibility index (Phi) is 6.72. The van der Waals surface area contributed by atoms with Crippen LogP contribution in [-0.4, -0.2) is 87.2 Å². The molecule has 0 N–H and O–H groups in total. The zero-order chi connectivity index (χ0) is 19.8. The highest BCUT2D eigenvalue weighted by Crippen LogP contribution is 2.41. The molecule has 0 aliphatic carbocycles. The van der Waals surface area contributed by atoms with E-state index in [1.165, 1.54) is 7.11 Å². The van der Waals surface area contributed by atoms with Crippen molar-refractivity contribution in [2.75, 3.05) is 33.3 Å². The van der Waals surface area contributed by atoms with Gasteiger partial charge in [0.25, 0.3) is 0 Å². The minimum Gasteiger partial charge on any atom is -0.726 e. The van der Waals surface area contributed by atoms with Gasteiger partial charge in [0.2, 0.25) is 10.4 Å². The second kappa shape index (κ2) is 7.96. The van der Waals surface area contributed by atoms with Gasteiger partial charge in [-0.1, -0.05) is 0 Å². The average Bonchev–Trinajstić information content (AvgIpc) is 3.03. The molecule has 0 aromatic carbocycles. The number of methoxy groups -OCH3 is 1. The number of fused-ring (bicyclic) bond motifs is 1. The van der Waals surface area contributed by atoms with Crippen molar-refractivity contribution in [2.24, 2.45) is 0 Å². The second-order valence-corrected chi connectivity index (χ2v) is 8.29. The quantitative estimate of drug-likeness (QED) is 0.317. The summed E-state index contributed by atoms with van der Waals surface area (Å²) in [7, 11) is -3.44. The van der Waals surface area contributed by atoms with Crippen molar-refractivity contribution in [3.05, 3.63) is 0 Å². The van der Waals surface area contributed by atoms with Gasteiger partial charge in [0.05, 0.1) is 19.6 Å². The largest absolute Gasteiger partial charge is 0.726 e. The number of likely N-dealkylation sites (N-methyl/N-ethyl adjacent to an activating group) is 1. The van der Waals surface area contributed by atoms with E-state index in [-0.39, 0.29) is 0 Å². The monoisotopic (exact) mass is 397 g/mol. The van der Waals surface area contributed by atoms with Gasteiger partial charge >= 0.3 is 0 Å².